The number of nitrogens with one attached hydrogen (secondary N) is 2. The fourth-order valence-electron chi connectivity index (χ4n) is 3.72. The smallest absolute Gasteiger partial charge is 0.319 e. The molecule has 12 heteroatoms. The number of nitrogens with zero attached hydrogens (tertiary/aromatic N) is 1. The molecule has 0 saturated carbocycles. The number of carbonyl (C=O) groups is 2. The van der Waals surface area contributed by atoms with Gasteiger partial charge < -0.3 is 36.9 Å². The standard InChI is InChI=1S/C23H25Cl2N5O5/c1-11-10-30(2)21(34)19(20(11)33)29-22(35)28-17(8-18(31)32)14-7-12(3-4-16(14)26)13-5-6-23(25,27)9-15(13)24/h3-7,10,17,33H,8-9,26-27H2,1-2H3,(H,31,32)(H2,28,29,35). The largest absolute Gasteiger partial charge is 0.505 e. The zero-order chi connectivity index (χ0) is 26.1. The number of amides is 2. The first kappa shape index (κ1) is 26.1. The van der Waals surface area contributed by atoms with Crippen LogP contribution in [0.5, 0.6) is 5.75 Å². The van der Waals surface area contributed by atoms with Crippen LogP contribution in [0.25, 0.3) is 5.57 Å². The molecule has 2 amide bonds. The normalized spacial score (nSPS) is 18.3. The Morgan fingerprint density at radius 3 is 2.66 bits per heavy atom. The number of hydrogen-bond acceptors (Lipinski definition) is 6. The number of aryl methyl sites for hydroxylation is 2. The Labute approximate surface area is 210 Å². The van der Waals surface area contributed by atoms with Crippen LogP contribution in [-0.2, 0) is 11.8 Å². The van der Waals surface area contributed by atoms with Crippen molar-refractivity contribution in [2.24, 2.45) is 12.8 Å². The number of halogens is 2. The summed E-state index contributed by atoms with van der Waals surface area (Å²) in [6, 6.07) is 2.91. The molecule has 1 aromatic carbocycles. The summed E-state index contributed by atoms with van der Waals surface area (Å²) in [5, 5.41) is 24.9. The van der Waals surface area contributed by atoms with Crippen LogP contribution >= 0.6 is 23.2 Å². The predicted molar refractivity (Wildman–Crippen MR) is 135 cm³/mol. The van der Waals surface area contributed by atoms with Crippen molar-refractivity contribution in [3.63, 3.8) is 0 Å². The Balaban J connectivity index is 1.94. The molecule has 1 aromatic heterocycles. The van der Waals surface area contributed by atoms with E-state index < -0.39 is 35.0 Å². The summed E-state index contributed by atoms with van der Waals surface area (Å²) in [4.78, 5) is 35.6. The molecule has 0 saturated heterocycles. The molecule has 0 radical (unpaired) electrons. The van der Waals surface area contributed by atoms with E-state index in [2.05, 4.69) is 10.6 Å². The highest BCUT2D eigenvalue weighted by molar-refractivity contribution is 6.35. The van der Waals surface area contributed by atoms with Gasteiger partial charge in [-0.3, -0.25) is 9.59 Å². The average molecular weight is 522 g/mol. The minimum Gasteiger partial charge on any atom is -0.505 e. The molecular formula is C23H25Cl2N5O5. The van der Waals surface area contributed by atoms with Crippen LogP contribution in [0.2, 0.25) is 0 Å². The van der Waals surface area contributed by atoms with Gasteiger partial charge in [-0.15, -0.1) is 0 Å². The zero-order valence-corrected chi connectivity index (χ0v) is 20.4. The lowest BCUT2D eigenvalue weighted by Crippen LogP contribution is -2.36. The molecule has 1 aliphatic carbocycles. The van der Waals surface area contributed by atoms with E-state index >= 15 is 0 Å². The Hall–Kier alpha value is -3.47. The van der Waals surface area contributed by atoms with E-state index in [1.54, 1.807) is 37.3 Å². The highest BCUT2D eigenvalue weighted by atomic mass is 35.5. The van der Waals surface area contributed by atoms with Crippen LogP contribution in [-0.4, -0.2) is 31.8 Å². The fraction of sp³-hybridized carbons (Fsp3) is 0.261. The van der Waals surface area contributed by atoms with Gasteiger partial charge in [0.2, 0.25) is 0 Å². The van der Waals surface area contributed by atoms with Crippen LogP contribution in [0.15, 0.2) is 46.4 Å². The van der Waals surface area contributed by atoms with Gasteiger partial charge in [0.25, 0.3) is 5.56 Å². The number of benzene rings is 1. The molecule has 10 nitrogen and oxygen atoms in total. The van der Waals surface area contributed by atoms with E-state index in [1.807, 2.05) is 0 Å². The Morgan fingerprint density at radius 1 is 1.34 bits per heavy atom. The summed E-state index contributed by atoms with van der Waals surface area (Å²) >= 11 is 12.5. The van der Waals surface area contributed by atoms with Crippen molar-refractivity contribution >= 4 is 52.2 Å². The molecule has 8 N–H and O–H groups in total. The van der Waals surface area contributed by atoms with Crippen LogP contribution in [0.1, 0.15) is 35.6 Å². The van der Waals surface area contributed by atoms with E-state index in [0.717, 1.165) is 0 Å². The van der Waals surface area contributed by atoms with Crippen molar-refractivity contribution in [1.82, 2.24) is 9.88 Å². The number of rotatable bonds is 6. The number of carboxylic acids is 1. The first-order chi connectivity index (χ1) is 16.3. The van der Waals surface area contributed by atoms with E-state index in [0.29, 0.717) is 27.3 Å². The third kappa shape index (κ3) is 5.97. The van der Waals surface area contributed by atoms with Crippen LogP contribution in [0.3, 0.4) is 0 Å². The summed E-state index contributed by atoms with van der Waals surface area (Å²) in [5.41, 5.74) is 13.2. The van der Waals surface area contributed by atoms with Crippen LogP contribution < -0.4 is 27.7 Å². The summed E-state index contributed by atoms with van der Waals surface area (Å²) < 4.78 is 1.20. The lowest BCUT2D eigenvalue weighted by Gasteiger charge is -2.24. The van der Waals surface area contributed by atoms with Crippen molar-refractivity contribution in [3.8, 4) is 5.75 Å². The SMILES string of the molecule is Cc1cn(C)c(=O)c(NC(=O)NC(CC(=O)O)c2cc(C3=C(Cl)CC(N)(Cl)C=C3)ccc2N)c1O. The maximum absolute atomic E-state index is 12.7. The number of nitrogens with two attached hydrogens (primary N) is 2. The predicted octanol–water partition coefficient (Wildman–Crippen LogP) is 3.12. The van der Waals surface area contributed by atoms with Crippen LogP contribution in [0.4, 0.5) is 16.2 Å². The third-order valence-corrected chi connectivity index (χ3v) is 6.07. The van der Waals surface area contributed by atoms with Gasteiger partial charge in [0.05, 0.1) is 12.5 Å². The van der Waals surface area contributed by atoms with Gasteiger partial charge in [0, 0.05) is 35.9 Å². The van der Waals surface area contributed by atoms with Gasteiger partial charge in [-0.25, -0.2) is 4.79 Å². The molecule has 0 fully saturated rings. The molecular weight excluding hydrogens is 497 g/mol. The van der Waals surface area contributed by atoms with Gasteiger partial charge in [-0.1, -0.05) is 35.3 Å². The van der Waals surface area contributed by atoms with Gasteiger partial charge in [0.15, 0.2) is 5.69 Å². The minimum atomic E-state index is -1.20. The number of carbonyl (C=O) groups excluding carboxylic acids is 1. The number of aliphatic carboxylic acids is 1. The average Bonchev–Trinajstić information content (AvgIpc) is 2.74. The lowest BCUT2D eigenvalue weighted by atomic mass is 9.92. The Morgan fingerprint density at radius 2 is 2.03 bits per heavy atom. The van der Waals surface area contributed by atoms with Gasteiger partial charge in [-0.2, -0.15) is 0 Å². The molecule has 2 atom stereocenters. The summed E-state index contributed by atoms with van der Waals surface area (Å²) in [6.45, 7) is 1.57. The van der Waals surface area contributed by atoms with Gasteiger partial charge >= 0.3 is 12.0 Å². The molecule has 2 aromatic rings. The van der Waals surface area contributed by atoms with E-state index in [-0.39, 0.29) is 23.5 Å². The molecule has 2 unspecified atom stereocenters. The van der Waals surface area contributed by atoms with Crippen molar-refractivity contribution in [3.05, 3.63) is 68.6 Å². The lowest BCUT2D eigenvalue weighted by molar-refractivity contribution is -0.137. The second-order valence-electron chi connectivity index (χ2n) is 8.30. The molecule has 0 spiro atoms. The summed E-state index contributed by atoms with van der Waals surface area (Å²) in [7, 11) is 1.47. The number of anilines is 2. The molecule has 1 heterocycles. The molecule has 35 heavy (non-hydrogen) atoms. The molecule has 186 valence electrons. The van der Waals surface area contributed by atoms with E-state index in [1.165, 1.54) is 17.8 Å². The number of nitrogen functional groups attached to an aromatic ring is 1. The van der Waals surface area contributed by atoms with Crippen molar-refractivity contribution in [2.45, 2.75) is 30.8 Å². The molecule has 1 aliphatic rings. The number of alkyl halides is 1. The number of carboxylic acid groups (broad SMARTS) is 1. The highest BCUT2D eigenvalue weighted by Crippen LogP contribution is 2.37. The minimum absolute atomic E-state index is 0.190. The maximum atomic E-state index is 12.7. The number of hydrogen-bond donors (Lipinski definition) is 6. The number of urea groups is 1. The number of aromatic nitrogens is 1. The quantitative estimate of drug-likeness (QED) is 0.192. The second kappa shape index (κ2) is 10.0. The van der Waals surface area contributed by atoms with E-state index in [4.69, 9.17) is 34.7 Å². The molecule has 0 bridgehead atoms. The Bertz CT molecular complexity index is 1320. The zero-order valence-electron chi connectivity index (χ0n) is 18.9. The van der Waals surface area contributed by atoms with Gasteiger partial charge in [0.1, 0.15) is 10.7 Å². The summed E-state index contributed by atoms with van der Waals surface area (Å²) in [5.74, 6) is -1.58. The summed E-state index contributed by atoms with van der Waals surface area (Å²) in [6.07, 6.45) is 4.36. The van der Waals surface area contributed by atoms with Crippen molar-refractivity contribution in [1.29, 1.82) is 0 Å². The van der Waals surface area contributed by atoms with Crippen LogP contribution in [0, 0.1) is 6.92 Å². The number of allylic oxidation sites excluding steroid dienone is 2. The monoisotopic (exact) mass is 521 g/mol. The first-order valence-electron chi connectivity index (χ1n) is 10.4. The fourth-order valence-corrected chi connectivity index (χ4v) is 4.38. The van der Waals surface area contributed by atoms with Crippen molar-refractivity contribution in [2.75, 3.05) is 11.1 Å². The first-order valence-corrected chi connectivity index (χ1v) is 11.2. The third-order valence-electron chi connectivity index (χ3n) is 5.47. The number of pyridine rings is 1. The maximum Gasteiger partial charge on any atom is 0.319 e. The van der Waals surface area contributed by atoms with E-state index in [9.17, 15) is 24.6 Å². The topological polar surface area (TPSA) is 173 Å². The number of aromatic hydroxyl groups is 1. The molecule has 0 aliphatic heterocycles. The van der Waals surface area contributed by atoms with Crippen molar-refractivity contribution < 1.29 is 19.8 Å². The Kier molecular flexibility index (Phi) is 7.49. The second-order valence-corrected chi connectivity index (χ2v) is 9.46. The molecule has 3 rings (SSSR count). The van der Waals surface area contributed by atoms with Gasteiger partial charge in [-0.05, 0) is 41.8 Å². The highest BCUT2D eigenvalue weighted by Gasteiger charge is 2.27.